The summed E-state index contributed by atoms with van der Waals surface area (Å²) in [4.78, 5) is 0. The van der Waals surface area contributed by atoms with Crippen LogP contribution in [0.2, 0.25) is 0 Å². The van der Waals surface area contributed by atoms with Crippen LogP contribution in [0.25, 0.3) is 0 Å². The number of rotatable bonds is 4. The van der Waals surface area contributed by atoms with Gasteiger partial charge in [0, 0.05) is 11.5 Å². The molecule has 0 amide bonds. The second kappa shape index (κ2) is 6.44. The zero-order valence-corrected chi connectivity index (χ0v) is 5.97. The standard InChI is InChI=1S/C5H10S2/c1-2-4-7-5-3-6/h2,6H,1,3-5H2. The molecule has 0 aliphatic heterocycles. The molecule has 0 aromatic carbocycles. The van der Waals surface area contributed by atoms with Crippen LogP contribution in [0.4, 0.5) is 0 Å². The Morgan fingerprint density at radius 3 is 2.86 bits per heavy atom. The topological polar surface area (TPSA) is 0 Å². The van der Waals surface area contributed by atoms with Gasteiger partial charge in [-0.3, -0.25) is 0 Å². The Morgan fingerprint density at radius 2 is 2.43 bits per heavy atom. The smallest absolute Gasteiger partial charge is 0.0111 e. The van der Waals surface area contributed by atoms with E-state index < -0.39 is 0 Å². The molecule has 0 fully saturated rings. The van der Waals surface area contributed by atoms with Crippen LogP contribution in [0.5, 0.6) is 0 Å². The summed E-state index contributed by atoms with van der Waals surface area (Å²) in [6, 6.07) is 0. The molecule has 0 saturated carbocycles. The molecular formula is C5H10S2. The average Bonchev–Trinajstić information content (AvgIpc) is 1.69. The molecular weight excluding hydrogens is 124 g/mol. The summed E-state index contributed by atoms with van der Waals surface area (Å²) in [5.74, 6) is 3.16. The lowest BCUT2D eigenvalue weighted by molar-refractivity contribution is 1.56. The highest BCUT2D eigenvalue weighted by atomic mass is 32.2. The van der Waals surface area contributed by atoms with Crippen molar-refractivity contribution in [1.29, 1.82) is 0 Å². The highest BCUT2D eigenvalue weighted by Crippen LogP contribution is 1.98. The fraction of sp³-hybridized carbons (Fsp3) is 0.600. The normalized spacial score (nSPS) is 8.71. The lowest BCUT2D eigenvalue weighted by Gasteiger charge is -1.88. The molecule has 0 N–H and O–H groups in total. The van der Waals surface area contributed by atoms with Crippen LogP contribution in [0.1, 0.15) is 0 Å². The minimum Gasteiger partial charge on any atom is -0.179 e. The van der Waals surface area contributed by atoms with Crippen molar-refractivity contribution < 1.29 is 0 Å². The molecule has 0 aromatic heterocycles. The molecule has 7 heavy (non-hydrogen) atoms. The van der Waals surface area contributed by atoms with Crippen LogP contribution in [0.3, 0.4) is 0 Å². The van der Waals surface area contributed by atoms with Gasteiger partial charge in [0.1, 0.15) is 0 Å². The van der Waals surface area contributed by atoms with Crippen molar-refractivity contribution in [2.24, 2.45) is 0 Å². The fourth-order valence-corrected chi connectivity index (χ4v) is 1.08. The zero-order chi connectivity index (χ0) is 5.54. The largest absolute Gasteiger partial charge is 0.179 e. The average molecular weight is 134 g/mol. The van der Waals surface area contributed by atoms with E-state index in [1.54, 1.807) is 0 Å². The molecule has 0 atom stereocenters. The molecule has 0 heterocycles. The minimum atomic E-state index is 0.971. The van der Waals surface area contributed by atoms with Gasteiger partial charge < -0.3 is 0 Å². The predicted molar refractivity (Wildman–Crippen MR) is 41.4 cm³/mol. The first-order valence-corrected chi connectivity index (χ1v) is 4.00. The SMILES string of the molecule is C=CCSCCS. The van der Waals surface area contributed by atoms with Crippen molar-refractivity contribution in [3.8, 4) is 0 Å². The summed E-state index contributed by atoms with van der Waals surface area (Å²) in [6.45, 7) is 3.59. The Bertz CT molecular complexity index is 43.3. The number of hydrogen-bond acceptors (Lipinski definition) is 2. The fourth-order valence-electron chi connectivity index (χ4n) is 0.231. The van der Waals surface area contributed by atoms with Crippen LogP contribution in [-0.4, -0.2) is 17.3 Å². The maximum absolute atomic E-state index is 4.04. The molecule has 0 unspecified atom stereocenters. The van der Waals surface area contributed by atoms with Gasteiger partial charge in [-0.2, -0.15) is 24.4 Å². The molecule has 0 radical (unpaired) electrons. The van der Waals surface area contributed by atoms with Crippen LogP contribution in [0.15, 0.2) is 12.7 Å². The Kier molecular flexibility index (Phi) is 6.84. The van der Waals surface area contributed by atoms with Crippen molar-refractivity contribution in [1.82, 2.24) is 0 Å². The predicted octanol–water partition coefficient (Wildman–Crippen LogP) is 1.84. The lowest BCUT2D eigenvalue weighted by Crippen LogP contribution is -1.78. The molecule has 0 rings (SSSR count). The van der Waals surface area contributed by atoms with E-state index in [4.69, 9.17) is 0 Å². The molecule has 0 saturated heterocycles. The Balaban J connectivity index is 2.56. The number of hydrogen-bond donors (Lipinski definition) is 1. The van der Waals surface area contributed by atoms with Gasteiger partial charge in [-0.25, -0.2) is 0 Å². The molecule has 0 aliphatic rings. The Morgan fingerprint density at radius 1 is 1.71 bits per heavy atom. The summed E-state index contributed by atoms with van der Waals surface area (Å²) in [5.41, 5.74) is 0. The van der Waals surface area contributed by atoms with E-state index in [1.165, 1.54) is 0 Å². The van der Waals surface area contributed by atoms with Gasteiger partial charge in [-0.1, -0.05) is 6.08 Å². The van der Waals surface area contributed by atoms with Gasteiger partial charge in [0.2, 0.25) is 0 Å². The third-order valence-corrected chi connectivity index (χ3v) is 1.96. The van der Waals surface area contributed by atoms with Crippen molar-refractivity contribution >= 4 is 24.4 Å². The molecule has 0 aliphatic carbocycles. The van der Waals surface area contributed by atoms with Crippen molar-refractivity contribution in [2.75, 3.05) is 17.3 Å². The van der Waals surface area contributed by atoms with Gasteiger partial charge in [0.05, 0.1) is 0 Å². The summed E-state index contributed by atoms with van der Waals surface area (Å²) < 4.78 is 0. The number of thioether (sulfide) groups is 1. The monoisotopic (exact) mass is 134 g/mol. The second-order valence-electron chi connectivity index (χ2n) is 1.09. The van der Waals surface area contributed by atoms with E-state index in [1.807, 2.05) is 17.8 Å². The van der Waals surface area contributed by atoms with E-state index in [-0.39, 0.29) is 0 Å². The first-order valence-electron chi connectivity index (χ1n) is 2.21. The van der Waals surface area contributed by atoms with Gasteiger partial charge in [-0.05, 0) is 5.75 Å². The molecule has 0 aromatic rings. The van der Waals surface area contributed by atoms with E-state index in [0.29, 0.717) is 0 Å². The van der Waals surface area contributed by atoms with Gasteiger partial charge in [0.25, 0.3) is 0 Å². The zero-order valence-electron chi connectivity index (χ0n) is 4.26. The molecule has 0 spiro atoms. The molecule has 2 heteroatoms. The maximum Gasteiger partial charge on any atom is 0.0111 e. The molecule has 0 nitrogen and oxygen atoms in total. The third kappa shape index (κ3) is 6.44. The Labute approximate surface area is 54.8 Å². The van der Waals surface area contributed by atoms with Crippen LogP contribution in [-0.2, 0) is 0 Å². The van der Waals surface area contributed by atoms with Crippen LogP contribution in [0, 0.1) is 0 Å². The van der Waals surface area contributed by atoms with E-state index in [2.05, 4.69) is 19.2 Å². The summed E-state index contributed by atoms with van der Waals surface area (Å²) >= 11 is 5.90. The minimum absolute atomic E-state index is 0.971. The molecule has 42 valence electrons. The highest BCUT2D eigenvalue weighted by molar-refractivity contribution is 8.00. The van der Waals surface area contributed by atoms with Crippen molar-refractivity contribution in [2.45, 2.75) is 0 Å². The lowest BCUT2D eigenvalue weighted by atomic mass is 10.8. The second-order valence-corrected chi connectivity index (χ2v) is 2.68. The number of thiol groups is 1. The van der Waals surface area contributed by atoms with Crippen LogP contribution < -0.4 is 0 Å². The van der Waals surface area contributed by atoms with Gasteiger partial charge >= 0.3 is 0 Å². The highest BCUT2D eigenvalue weighted by Gasteiger charge is 1.77. The van der Waals surface area contributed by atoms with Crippen molar-refractivity contribution in [3.63, 3.8) is 0 Å². The van der Waals surface area contributed by atoms with E-state index in [0.717, 1.165) is 17.3 Å². The van der Waals surface area contributed by atoms with Gasteiger partial charge in [-0.15, -0.1) is 6.58 Å². The Hall–Kier alpha value is 0.440. The third-order valence-electron chi connectivity index (χ3n) is 0.471. The van der Waals surface area contributed by atoms with Crippen molar-refractivity contribution in [3.05, 3.63) is 12.7 Å². The summed E-state index contributed by atoms with van der Waals surface area (Å²) in [7, 11) is 0. The first kappa shape index (κ1) is 7.44. The summed E-state index contributed by atoms with van der Waals surface area (Å²) in [6.07, 6.45) is 1.91. The quantitative estimate of drug-likeness (QED) is 0.348. The van der Waals surface area contributed by atoms with Gasteiger partial charge in [0.15, 0.2) is 0 Å². The van der Waals surface area contributed by atoms with Crippen LogP contribution >= 0.6 is 24.4 Å². The first-order chi connectivity index (χ1) is 3.41. The summed E-state index contributed by atoms with van der Waals surface area (Å²) in [5, 5.41) is 0. The maximum atomic E-state index is 4.04. The molecule has 0 bridgehead atoms. The van der Waals surface area contributed by atoms with E-state index in [9.17, 15) is 0 Å². The van der Waals surface area contributed by atoms with E-state index >= 15 is 0 Å².